The third kappa shape index (κ3) is 2.36. The molecule has 0 aromatic heterocycles. The van der Waals surface area contributed by atoms with Gasteiger partial charge in [-0.1, -0.05) is 48.6 Å². The lowest BCUT2D eigenvalue weighted by Crippen LogP contribution is -2.35. The van der Waals surface area contributed by atoms with Gasteiger partial charge in [-0.15, -0.1) is 0 Å². The highest BCUT2D eigenvalue weighted by molar-refractivity contribution is 5.88. The monoisotopic (exact) mass is 276 g/mol. The zero-order valence-corrected chi connectivity index (χ0v) is 12.1. The summed E-state index contributed by atoms with van der Waals surface area (Å²) in [6, 6.07) is 18.0. The van der Waals surface area contributed by atoms with Crippen molar-refractivity contribution in [1.29, 1.82) is 0 Å². The van der Waals surface area contributed by atoms with Crippen molar-refractivity contribution < 1.29 is 0 Å². The van der Waals surface area contributed by atoms with Gasteiger partial charge in [-0.25, -0.2) is 0 Å². The molecule has 2 aliphatic rings. The maximum Gasteiger partial charge on any atom is 0.0485 e. The zero-order valence-electron chi connectivity index (χ0n) is 12.1. The molecule has 1 atom stereocenters. The van der Waals surface area contributed by atoms with Crippen LogP contribution < -0.4 is 10.2 Å². The second-order valence-corrected chi connectivity index (χ2v) is 5.85. The van der Waals surface area contributed by atoms with Crippen LogP contribution in [0.25, 0.3) is 12.2 Å². The highest BCUT2D eigenvalue weighted by Gasteiger charge is 2.22. The molecule has 1 fully saturated rings. The molecule has 4 rings (SSSR count). The van der Waals surface area contributed by atoms with Gasteiger partial charge in [0.2, 0.25) is 0 Å². The van der Waals surface area contributed by atoms with Crippen LogP contribution in [0.4, 0.5) is 11.4 Å². The average Bonchev–Trinajstić information content (AvgIpc) is 2.99. The number of nitrogens with one attached hydrogen (secondary N) is 1. The van der Waals surface area contributed by atoms with E-state index >= 15 is 0 Å². The molecule has 2 aromatic rings. The standard InChI is InChI=1S/C19H20N2/c1-3-9-18-15(6-1)11-12-16-7-2-4-10-19(16)21(18)14-17-8-5-13-20-17/h1-4,6-7,9-12,17,20H,5,8,13-14H2/t17-/m0/s1. The molecule has 0 aliphatic carbocycles. The van der Waals surface area contributed by atoms with Crippen molar-refractivity contribution in [1.82, 2.24) is 5.32 Å². The molecule has 21 heavy (non-hydrogen) atoms. The van der Waals surface area contributed by atoms with E-state index < -0.39 is 0 Å². The topological polar surface area (TPSA) is 15.3 Å². The largest absolute Gasteiger partial charge is 0.339 e. The molecule has 0 radical (unpaired) electrons. The maximum absolute atomic E-state index is 3.62. The number of para-hydroxylation sites is 2. The Morgan fingerprint density at radius 1 is 0.905 bits per heavy atom. The van der Waals surface area contributed by atoms with E-state index in [1.807, 2.05) is 0 Å². The summed E-state index contributed by atoms with van der Waals surface area (Å²) in [6.07, 6.45) is 7.03. The van der Waals surface area contributed by atoms with E-state index in [0.717, 1.165) is 13.1 Å². The van der Waals surface area contributed by atoms with Crippen LogP contribution in [0, 0.1) is 0 Å². The Labute approximate surface area is 126 Å². The van der Waals surface area contributed by atoms with Crippen molar-refractivity contribution in [2.24, 2.45) is 0 Å². The lowest BCUT2D eigenvalue weighted by Gasteiger charge is -2.29. The number of benzene rings is 2. The van der Waals surface area contributed by atoms with Gasteiger partial charge in [0.25, 0.3) is 0 Å². The van der Waals surface area contributed by atoms with Crippen molar-refractivity contribution in [3.63, 3.8) is 0 Å². The Kier molecular flexibility index (Phi) is 3.24. The Balaban J connectivity index is 1.80. The minimum absolute atomic E-state index is 0.587. The maximum atomic E-state index is 3.62. The molecule has 2 aromatic carbocycles. The highest BCUT2D eigenvalue weighted by Crippen LogP contribution is 2.36. The molecular formula is C19H20N2. The van der Waals surface area contributed by atoms with Gasteiger partial charge in [0.05, 0.1) is 0 Å². The number of fused-ring (bicyclic) bond motifs is 2. The molecule has 2 heterocycles. The van der Waals surface area contributed by atoms with Crippen molar-refractivity contribution in [2.75, 3.05) is 18.0 Å². The molecule has 1 N–H and O–H groups in total. The molecule has 106 valence electrons. The van der Waals surface area contributed by atoms with E-state index in [2.05, 4.69) is 70.9 Å². The fraction of sp³-hybridized carbons (Fsp3) is 0.263. The van der Waals surface area contributed by atoms with Crippen LogP contribution in [0.2, 0.25) is 0 Å². The summed E-state index contributed by atoms with van der Waals surface area (Å²) in [7, 11) is 0. The van der Waals surface area contributed by atoms with E-state index in [0.29, 0.717) is 6.04 Å². The molecule has 1 saturated heterocycles. The van der Waals surface area contributed by atoms with E-state index in [1.165, 1.54) is 35.3 Å². The van der Waals surface area contributed by atoms with Crippen LogP contribution in [0.5, 0.6) is 0 Å². The number of rotatable bonds is 2. The predicted molar refractivity (Wildman–Crippen MR) is 89.8 cm³/mol. The number of hydrogen-bond acceptors (Lipinski definition) is 2. The van der Waals surface area contributed by atoms with Crippen LogP contribution in [-0.2, 0) is 0 Å². The second kappa shape index (κ2) is 5.38. The Morgan fingerprint density at radius 2 is 1.52 bits per heavy atom. The lowest BCUT2D eigenvalue weighted by molar-refractivity contribution is 0.608. The van der Waals surface area contributed by atoms with Gasteiger partial charge in [0, 0.05) is 24.0 Å². The summed E-state index contributed by atoms with van der Waals surface area (Å²) >= 11 is 0. The Hall–Kier alpha value is -2.06. The molecular weight excluding hydrogens is 256 g/mol. The zero-order chi connectivity index (χ0) is 14.1. The molecule has 0 unspecified atom stereocenters. The minimum atomic E-state index is 0.587. The summed E-state index contributed by atoms with van der Waals surface area (Å²) in [4.78, 5) is 2.48. The minimum Gasteiger partial charge on any atom is -0.339 e. The van der Waals surface area contributed by atoms with E-state index in [4.69, 9.17) is 0 Å². The summed E-state index contributed by atoms with van der Waals surface area (Å²) in [6.45, 7) is 2.19. The van der Waals surface area contributed by atoms with Gasteiger partial charge < -0.3 is 10.2 Å². The van der Waals surface area contributed by atoms with Crippen molar-refractivity contribution in [3.8, 4) is 0 Å². The summed E-state index contributed by atoms with van der Waals surface area (Å²) in [5.41, 5.74) is 5.22. The van der Waals surface area contributed by atoms with Gasteiger partial charge in [0.15, 0.2) is 0 Å². The van der Waals surface area contributed by atoms with Gasteiger partial charge in [-0.05, 0) is 42.6 Å². The molecule has 2 nitrogen and oxygen atoms in total. The molecule has 2 heteroatoms. The Bertz CT molecular complexity index is 619. The van der Waals surface area contributed by atoms with Crippen LogP contribution in [-0.4, -0.2) is 19.1 Å². The van der Waals surface area contributed by atoms with Gasteiger partial charge in [0.1, 0.15) is 0 Å². The van der Waals surface area contributed by atoms with Crippen LogP contribution in [0.15, 0.2) is 48.5 Å². The van der Waals surface area contributed by atoms with Crippen LogP contribution >= 0.6 is 0 Å². The van der Waals surface area contributed by atoms with Crippen molar-refractivity contribution >= 4 is 23.5 Å². The first-order chi connectivity index (χ1) is 10.4. The SMILES string of the molecule is C1=Cc2ccccc2N(C[C@@H]2CCCN2)c2ccccc21. The van der Waals surface area contributed by atoms with Gasteiger partial charge in [-0.3, -0.25) is 0 Å². The molecule has 0 bridgehead atoms. The third-order valence-electron chi connectivity index (χ3n) is 4.46. The summed E-state index contributed by atoms with van der Waals surface area (Å²) in [5, 5.41) is 3.62. The fourth-order valence-corrected chi connectivity index (χ4v) is 3.39. The number of nitrogens with zero attached hydrogens (tertiary/aromatic N) is 1. The first kappa shape index (κ1) is 12.7. The van der Waals surface area contributed by atoms with Crippen molar-refractivity contribution in [2.45, 2.75) is 18.9 Å². The van der Waals surface area contributed by atoms with Gasteiger partial charge >= 0.3 is 0 Å². The smallest absolute Gasteiger partial charge is 0.0485 e. The van der Waals surface area contributed by atoms with Crippen molar-refractivity contribution in [3.05, 3.63) is 59.7 Å². The number of anilines is 2. The van der Waals surface area contributed by atoms with E-state index in [-0.39, 0.29) is 0 Å². The second-order valence-electron chi connectivity index (χ2n) is 5.85. The third-order valence-corrected chi connectivity index (χ3v) is 4.46. The first-order valence-electron chi connectivity index (χ1n) is 7.79. The van der Waals surface area contributed by atoms with Crippen LogP contribution in [0.1, 0.15) is 24.0 Å². The molecule has 0 amide bonds. The molecule has 0 saturated carbocycles. The highest BCUT2D eigenvalue weighted by atomic mass is 15.2. The quantitative estimate of drug-likeness (QED) is 0.890. The average molecular weight is 276 g/mol. The van der Waals surface area contributed by atoms with E-state index in [1.54, 1.807) is 0 Å². The predicted octanol–water partition coefficient (Wildman–Crippen LogP) is 4.06. The molecule has 2 aliphatic heterocycles. The summed E-state index contributed by atoms with van der Waals surface area (Å²) in [5.74, 6) is 0. The normalized spacial score (nSPS) is 20.0. The summed E-state index contributed by atoms with van der Waals surface area (Å²) < 4.78 is 0. The van der Waals surface area contributed by atoms with E-state index in [9.17, 15) is 0 Å². The fourth-order valence-electron chi connectivity index (χ4n) is 3.39. The first-order valence-corrected chi connectivity index (χ1v) is 7.79. The number of hydrogen-bond donors (Lipinski definition) is 1. The molecule has 0 spiro atoms. The van der Waals surface area contributed by atoms with Crippen LogP contribution in [0.3, 0.4) is 0 Å². The lowest BCUT2D eigenvalue weighted by atomic mass is 10.1. The van der Waals surface area contributed by atoms with Gasteiger partial charge in [-0.2, -0.15) is 0 Å². The Morgan fingerprint density at radius 3 is 2.10 bits per heavy atom.